The van der Waals surface area contributed by atoms with Gasteiger partial charge in [-0.2, -0.15) is 0 Å². The molecule has 5 heterocycles. The van der Waals surface area contributed by atoms with Crippen LogP contribution < -0.4 is 20.9 Å². The van der Waals surface area contributed by atoms with Crippen LogP contribution in [0.2, 0.25) is 0 Å². The molecule has 0 spiro atoms. The molecule has 0 aliphatic carbocycles. The van der Waals surface area contributed by atoms with Crippen LogP contribution in [0.1, 0.15) is 16.3 Å². The fraction of sp³-hybridized carbons (Fsp3) is 0.172. The van der Waals surface area contributed by atoms with Crippen LogP contribution in [0.3, 0.4) is 0 Å². The van der Waals surface area contributed by atoms with Crippen molar-refractivity contribution in [2.24, 2.45) is 0 Å². The summed E-state index contributed by atoms with van der Waals surface area (Å²) in [5.41, 5.74) is 9.25. The Morgan fingerprint density at radius 3 is 2.66 bits per heavy atom. The first-order valence-electron chi connectivity index (χ1n) is 13.0. The maximum atomic E-state index is 12.5. The Labute approximate surface area is 235 Å². The Hall–Kier alpha value is -5.70. The molecule has 1 aliphatic heterocycles. The molecule has 6 rings (SSSR count). The number of nitrogens with zero attached hydrogens (tertiary/aromatic N) is 8. The second-order valence-corrected chi connectivity index (χ2v) is 9.29. The van der Waals surface area contributed by atoms with E-state index < -0.39 is 0 Å². The minimum atomic E-state index is -0.261. The van der Waals surface area contributed by atoms with E-state index in [0.717, 1.165) is 11.5 Å². The van der Waals surface area contributed by atoms with Gasteiger partial charge < -0.3 is 26.0 Å². The van der Waals surface area contributed by atoms with Gasteiger partial charge in [0.25, 0.3) is 5.91 Å². The summed E-state index contributed by atoms with van der Waals surface area (Å²) >= 11 is 0. The van der Waals surface area contributed by atoms with E-state index in [-0.39, 0.29) is 18.2 Å². The van der Waals surface area contributed by atoms with Crippen molar-refractivity contribution in [1.82, 2.24) is 34.9 Å². The zero-order valence-electron chi connectivity index (χ0n) is 22.0. The van der Waals surface area contributed by atoms with E-state index in [9.17, 15) is 9.90 Å². The Balaban J connectivity index is 1.07. The molecule has 1 fully saturated rings. The number of carbonyl (C=O) groups excluding carboxylic acids is 1. The first kappa shape index (κ1) is 25.6. The summed E-state index contributed by atoms with van der Waals surface area (Å²) in [6.07, 6.45) is 5.01. The highest BCUT2D eigenvalue weighted by atomic mass is 16.3. The van der Waals surface area contributed by atoms with Crippen LogP contribution in [0.4, 0.5) is 17.3 Å². The van der Waals surface area contributed by atoms with Gasteiger partial charge in [-0.05, 0) is 42.3 Å². The van der Waals surface area contributed by atoms with Crippen LogP contribution in [-0.2, 0) is 0 Å². The van der Waals surface area contributed by atoms with E-state index in [0.29, 0.717) is 60.4 Å². The number of imidazole rings is 1. The topological polar surface area (TPSA) is 151 Å². The molecule has 12 nitrogen and oxygen atoms in total. The molecule has 1 aliphatic rings. The van der Waals surface area contributed by atoms with Crippen LogP contribution in [0.15, 0.2) is 73.2 Å². The van der Waals surface area contributed by atoms with E-state index >= 15 is 0 Å². The molecule has 0 unspecified atom stereocenters. The van der Waals surface area contributed by atoms with Crippen molar-refractivity contribution in [2.45, 2.75) is 0 Å². The number of hydrogen-bond acceptors (Lipinski definition) is 10. The Morgan fingerprint density at radius 1 is 1.00 bits per heavy atom. The molecule has 4 N–H and O–H groups in total. The third kappa shape index (κ3) is 5.41. The Kier molecular flexibility index (Phi) is 6.98. The number of phenolic OH excluding ortho intramolecular Hbond substituents is 1. The van der Waals surface area contributed by atoms with Crippen molar-refractivity contribution < 1.29 is 9.90 Å². The predicted octanol–water partition coefficient (Wildman–Crippen LogP) is 1.98. The van der Waals surface area contributed by atoms with Crippen molar-refractivity contribution in [3.8, 4) is 28.8 Å². The summed E-state index contributed by atoms with van der Waals surface area (Å²) in [7, 11) is 0. The summed E-state index contributed by atoms with van der Waals surface area (Å²) in [5.74, 6) is 7.22. The van der Waals surface area contributed by atoms with Gasteiger partial charge in [0.2, 0.25) is 5.82 Å². The Bertz CT molecular complexity index is 1780. The molecule has 12 heteroatoms. The van der Waals surface area contributed by atoms with Gasteiger partial charge in [0, 0.05) is 44.1 Å². The molecule has 4 aromatic heterocycles. The third-order valence-electron chi connectivity index (χ3n) is 6.75. The summed E-state index contributed by atoms with van der Waals surface area (Å²) in [4.78, 5) is 29.9. The summed E-state index contributed by atoms with van der Waals surface area (Å²) in [6.45, 7) is 2.93. The lowest BCUT2D eigenvalue weighted by Gasteiger charge is -2.36. The smallest absolute Gasteiger partial charge is 0.270 e. The lowest BCUT2D eigenvalue weighted by Crippen LogP contribution is -2.47. The largest absolute Gasteiger partial charge is 0.507 e. The average Bonchev–Trinajstić information content (AvgIpc) is 3.45. The highest BCUT2D eigenvalue weighted by Crippen LogP contribution is 2.31. The van der Waals surface area contributed by atoms with E-state index in [4.69, 9.17) is 5.73 Å². The number of benzene rings is 1. The molecule has 0 radical (unpaired) electrons. The summed E-state index contributed by atoms with van der Waals surface area (Å²) in [5, 5.41) is 21.3. The van der Waals surface area contributed by atoms with Crippen LogP contribution >= 0.6 is 0 Å². The maximum Gasteiger partial charge on any atom is 0.270 e. The van der Waals surface area contributed by atoms with Gasteiger partial charge in [0.15, 0.2) is 5.82 Å². The molecule has 204 valence electrons. The highest BCUT2D eigenvalue weighted by Gasteiger charge is 2.22. The molecule has 0 saturated carbocycles. The van der Waals surface area contributed by atoms with Gasteiger partial charge in [0.1, 0.15) is 22.9 Å². The van der Waals surface area contributed by atoms with Crippen molar-refractivity contribution in [3.05, 3.63) is 84.7 Å². The number of nitrogen functional groups attached to an aromatic ring is 1. The second-order valence-electron chi connectivity index (χ2n) is 9.29. The van der Waals surface area contributed by atoms with Gasteiger partial charge >= 0.3 is 0 Å². The predicted molar refractivity (Wildman–Crippen MR) is 154 cm³/mol. The molecule has 1 aromatic carbocycles. The molecule has 41 heavy (non-hydrogen) atoms. The van der Waals surface area contributed by atoms with Crippen molar-refractivity contribution in [2.75, 3.05) is 48.3 Å². The van der Waals surface area contributed by atoms with Crippen molar-refractivity contribution in [3.63, 3.8) is 0 Å². The number of carbonyl (C=O) groups is 1. The number of rotatable bonds is 5. The van der Waals surface area contributed by atoms with E-state index in [2.05, 4.69) is 52.1 Å². The fourth-order valence-corrected chi connectivity index (χ4v) is 4.67. The minimum absolute atomic E-state index is 0.138. The number of nitrogens with one attached hydrogen (secondary N) is 1. The first-order chi connectivity index (χ1) is 20.1. The van der Waals surface area contributed by atoms with Gasteiger partial charge in [-0.3, -0.25) is 9.20 Å². The number of aromatic hydroxyl groups is 1. The molecular weight excluding hydrogens is 520 g/mol. The fourth-order valence-electron chi connectivity index (χ4n) is 4.67. The van der Waals surface area contributed by atoms with Gasteiger partial charge in [-0.1, -0.05) is 24.1 Å². The zero-order chi connectivity index (χ0) is 28.2. The number of hydrogen-bond donors (Lipinski definition) is 3. The molecule has 1 saturated heterocycles. The van der Waals surface area contributed by atoms with E-state index in [1.807, 2.05) is 36.4 Å². The van der Waals surface area contributed by atoms with E-state index in [1.165, 1.54) is 6.20 Å². The number of para-hydroxylation sites is 1. The molecule has 0 bridgehead atoms. The van der Waals surface area contributed by atoms with E-state index in [1.54, 1.807) is 35.0 Å². The molecular formula is C29H26N10O2. The first-order valence-corrected chi connectivity index (χ1v) is 13.0. The number of anilines is 3. The second kappa shape index (κ2) is 11.2. The number of phenols is 1. The number of amides is 1. The third-order valence-corrected chi connectivity index (χ3v) is 6.75. The van der Waals surface area contributed by atoms with Crippen LogP contribution in [0.5, 0.6) is 5.75 Å². The van der Waals surface area contributed by atoms with Crippen LogP contribution in [-0.4, -0.2) is 73.3 Å². The monoisotopic (exact) mass is 546 g/mol. The maximum absolute atomic E-state index is 12.5. The molecule has 0 atom stereocenters. The average molecular weight is 547 g/mol. The molecule has 1 amide bonds. The normalized spacial score (nSPS) is 13.1. The number of fused-ring (bicyclic) bond motifs is 1. The van der Waals surface area contributed by atoms with Crippen LogP contribution in [0, 0.1) is 11.8 Å². The minimum Gasteiger partial charge on any atom is -0.507 e. The summed E-state index contributed by atoms with van der Waals surface area (Å²) in [6, 6.07) is 16.3. The van der Waals surface area contributed by atoms with Crippen molar-refractivity contribution in [1.29, 1.82) is 0 Å². The number of piperazine rings is 1. The number of pyridine rings is 1. The number of aromatic nitrogens is 6. The lowest BCUT2D eigenvalue weighted by atomic mass is 10.1. The number of nitrogens with two attached hydrogens (primary N) is 1. The lowest BCUT2D eigenvalue weighted by molar-refractivity contribution is 0.0953. The molecule has 5 aromatic rings. The highest BCUT2D eigenvalue weighted by molar-refractivity contribution is 5.93. The SMILES string of the molecule is Nc1nnc(-c2ccccc2O)cc1N1CCN(c2ccnc(C#CCNC(=O)c3cnc4ccccn34)n2)CC1. The van der Waals surface area contributed by atoms with Gasteiger partial charge in [0.05, 0.1) is 24.1 Å². The summed E-state index contributed by atoms with van der Waals surface area (Å²) < 4.78 is 1.72. The zero-order valence-corrected chi connectivity index (χ0v) is 22.0. The Morgan fingerprint density at radius 2 is 1.80 bits per heavy atom. The van der Waals surface area contributed by atoms with Gasteiger partial charge in [-0.25, -0.2) is 15.0 Å². The van der Waals surface area contributed by atoms with Crippen LogP contribution in [0.25, 0.3) is 16.9 Å². The van der Waals surface area contributed by atoms with Crippen molar-refractivity contribution >= 4 is 28.9 Å². The van der Waals surface area contributed by atoms with Gasteiger partial charge in [-0.15, -0.1) is 10.2 Å². The standard InChI is InChI=1S/C29H26N10O2/c30-28-22(18-21(35-36-28)20-6-1-2-7-24(20)40)37-14-16-38(17-15-37)27-10-12-31-25(34-27)8-5-11-32-29(41)23-19-33-26-9-3-4-13-39(23)26/h1-4,6-7,9-10,12-13,18-19,40H,11,14-17H2,(H2,30,36)(H,32,41). The quantitative estimate of drug-likeness (QED) is 0.279.